The van der Waals surface area contributed by atoms with E-state index in [4.69, 9.17) is 10.8 Å². The average molecular weight is 286 g/mol. The molecule has 110 valence electrons. The summed E-state index contributed by atoms with van der Waals surface area (Å²) in [6.07, 6.45) is 1.83. The van der Waals surface area contributed by atoms with Crippen molar-refractivity contribution in [3.63, 3.8) is 0 Å². The van der Waals surface area contributed by atoms with Gasteiger partial charge in [0.15, 0.2) is 5.96 Å². The van der Waals surface area contributed by atoms with Crippen LogP contribution in [0.4, 0.5) is 5.69 Å². The molecular formula is C14H18N6O. The number of aromatic nitrogens is 3. The molecule has 1 unspecified atom stereocenters. The van der Waals surface area contributed by atoms with E-state index < -0.39 is 0 Å². The lowest BCUT2D eigenvalue weighted by Crippen LogP contribution is -2.36. The van der Waals surface area contributed by atoms with Gasteiger partial charge in [-0.15, -0.1) is 5.10 Å². The molecule has 7 nitrogen and oxygen atoms in total. The standard InChI is InChI=1S/C14H18N6O/c1-10-2-4-11(5-3-10)20-13(8-16-14(20)15)12-9-19(6-7-21)18-17-12/h2-5,9,13,21H,6-8H2,1H3,(H2,15,16). The number of aliphatic imine (C=N–C) groups is 1. The molecule has 1 atom stereocenters. The highest BCUT2D eigenvalue weighted by molar-refractivity contribution is 5.97. The highest BCUT2D eigenvalue weighted by atomic mass is 16.3. The Morgan fingerprint density at radius 3 is 2.81 bits per heavy atom. The number of hydrogen-bond donors (Lipinski definition) is 2. The van der Waals surface area contributed by atoms with E-state index in [1.165, 1.54) is 5.56 Å². The largest absolute Gasteiger partial charge is 0.394 e. The zero-order valence-electron chi connectivity index (χ0n) is 11.8. The Balaban J connectivity index is 1.89. The van der Waals surface area contributed by atoms with Crippen LogP contribution in [-0.2, 0) is 6.54 Å². The molecule has 0 spiro atoms. The van der Waals surface area contributed by atoms with Gasteiger partial charge in [-0.3, -0.25) is 4.99 Å². The number of hydrogen-bond acceptors (Lipinski definition) is 6. The molecule has 7 heteroatoms. The molecule has 0 radical (unpaired) electrons. The fourth-order valence-electron chi connectivity index (χ4n) is 2.42. The Bertz CT molecular complexity index is 648. The second-order valence-electron chi connectivity index (χ2n) is 5.05. The Kier molecular flexibility index (Phi) is 3.57. The molecule has 1 aromatic heterocycles. The molecular weight excluding hydrogens is 268 g/mol. The van der Waals surface area contributed by atoms with Crippen molar-refractivity contribution in [3.05, 3.63) is 41.7 Å². The fourth-order valence-corrected chi connectivity index (χ4v) is 2.42. The normalized spacial score (nSPS) is 18.1. The van der Waals surface area contributed by atoms with Crippen molar-refractivity contribution in [2.75, 3.05) is 18.1 Å². The molecule has 0 amide bonds. The summed E-state index contributed by atoms with van der Waals surface area (Å²) in [7, 11) is 0. The van der Waals surface area contributed by atoms with Crippen molar-refractivity contribution < 1.29 is 5.11 Å². The van der Waals surface area contributed by atoms with Gasteiger partial charge in [-0.25, -0.2) is 4.68 Å². The number of nitrogens with two attached hydrogens (primary N) is 1. The zero-order chi connectivity index (χ0) is 14.8. The summed E-state index contributed by atoms with van der Waals surface area (Å²) in [5.74, 6) is 0.487. The van der Waals surface area contributed by atoms with E-state index in [-0.39, 0.29) is 12.6 Å². The van der Waals surface area contributed by atoms with Crippen LogP contribution in [-0.4, -0.2) is 39.2 Å². The van der Waals surface area contributed by atoms with Gasteiger partial charge in [0.25, 0.3) is 0 Å². The average Bonchev–Trinajstić information content (AvgIpc) is 3.07. The van der Waals surface area contributed by atoms with E-state index in [1.807, 2.05) is 42.3 Å². The number of aryl methyl sites for hydroxylation is 1. The van der Waals surface area contributed by atoms with Crippen LogP contribution in [0, 0.1) is 6.92 Å². The Labute approximate surface area is 122 Å². The summed E-state index contributed by atoms with van der Waals surface area (Å²) in [4.78, 5) is 6.29. The predicted octanol–water partition coefficient (Wildman–Crippen LogP) is 0.455. The molecule has 1 aliphatic rings. The van der Waals surface area contributed by atoms with Gasteiger partial charge in [0.1, 0.15) is 11.7 Å². The number of rotatable bonds is 4. The molecule has 21 heavy (non-hydrogen) atoms. The molecule has 0 bridgehead atoms. The topological polar surface area (TPSA) is 92.6 Å². The van der Waals surface area contributed by atoms with Crippen LogP contribution in [0.1, 0.15) is 17.3 Å². The van der Waals surface area contributed by atoms with E-state index in [0.717, 1.165) is 11.4 Å². The van der Waals surface area contributed by atoms with Crippen molar-refractivity contribution in [3.8, 4) is 0 Å². The predicted molar refractivity (Wildman–Crippen MR) is 80.0 cm³/mol. The first-order valence-electron chi connectivity index (χ1n) is 6.86. The monoisotopic (exact) mass is 286 g/mol. The first-order chi connectivity index (χ1) is 10.2. The number of guanidine groups is 1. The highest BCUT2D eigenvalue weighted by Gasteiger charge is 2.30. The van der Waals surface area contributed by atoms with E-state index in [0.29, 0.717) is 19.0 Å². The van der Waals surface area contributed by atoms with E-state index in [2.05, 4.69) is 15.3 Å². The zero-order valence-corrected chi connectivity index (χ0v) is 11.8. The Hall–Kier alpha value is -2.41. The van der Waals surface area contributed by atoms with Gasteiger partial charge in [0.2, 0.25) is 0 Å². The van der Waals surface area contributed by atoms with Crippen molar-refractivity contribution in [2.24, 2.45) is 10.7 Å². The number of benzene rings is 1. The second-order valence-corrected chi connectivity index (χ2v) is 5.05. The number of nitrogens with zero attached hydrogens (tertiary/aromatic N) is 5. The van der Waals surface area contributed by atoms with Crippen molar-refractivity contribution in [1.82, 2.24) is 15.0 Å². The lowest BCUT2D eigenvalue weighted by atomic mass is 10.1. The molecule has 3 N–H and O–H groups in total. The maximum atomic E-state index is 8.95. The third-order valence-corrected chi connectivity index (χ3v) is 3.52. The smallest absolute Gasteiger partial charge is 0.196 e. The van der Waals surface area contributed by atoms with E-state index in [9.17, 15) is 0 Å². The van der Waals surface area contributed by atoms with E-state index in [1.54, 1.807) is 4.68 Å². The summed E-state index contributed by atoms with van der Waals surface area (Å²) in [6.45, 7) is 3.06. The van der Waals surface area contributed by atoms with Crippen LogP contribution in [0.3, 0.4) is 0 Å². The molecule has 2 aromatic rings. The third kappa shape index (κ3) is 2.59. The van der Waals surface area contributed by atoms with Gasteiger partial charge in [-0.2, -0.15) is 0 Å². The number of aliphatic hydroxyl groups is 1. The molecule has 1 aromatic carbocycles. The van der Waals surface area contributed by atoms with Crippen LogP contribution in [0.5, 0.6) is 0 Å². The van der Waals surface area contributed by atoms with Gasteiger partial charge >= 0.3 is 0 Å². The lowest BCUT2D eigenvalue weighted by Gasteiger charge is -2.24. The summed E-state index contributed by atoms with van der Waals surface area (Å²) in [6, 6.07) is 8.07. The van der Waals surface area contributed by atoms with Crippen molar-refractivity contribution in [1.29, 1.82) is 0 Å². The number of aliphatic hydroxyl groups excluding tert-OH is 1. The van der Waals surface area contributed by atoms with Gasteiger partial charge in [-0.1, -0.05) is 22.9 Å². The summed E-state index contributed by atoms with van der Waals surface area (Å²) in [5.41, 5.74) is 9.00. The maximum Gasteiger partial charge on any atom is 0.196 e. The molecule has 3 rings (SSSR count). The van der Waals surface area contributed by atoms with Crippen LogP contribution in [0.25, 0.3) is 0 Å². The minimum atomic E-state index is -0.0554. The summed E-state index contributed by atoms with van der Waals surface area (Å²) >= 11 is 0. The fraction of sp³-hybridized carbons (Fsp3) is 0.357. The number of anilines is 1. The Morgan fingerprint density at radius 1 is 1.33 bits per heavy atom. The first-order valence-corrected chi connectivity index (χ1v) is 6.86. The van der Waals surface area contributed by atoms with Crippen LogP contribution < -0.4 is 10.6 Å². The molecule has 0 saturated carbocycles. The molecule has 0 saturated heterocycles. The van der Waals surface area contributed by atoms with Crippen molar-refractivity contribution in [2.45, 2.75) is 19.5 Å². The molecule has 0 aliphatic carbocycles. The van der Waals surface area contributed by atoms with Crippen LogP contribution >= 0.6 is 0 Å². The quantitative estimate of drug-likeness (QED) is 0.851. The van der Waals surface area contributed by atoms with Gasteiger partial charge in [0.05, 0.1) is 25.9 Å². The molecule has 0 fully saturated rings. The highest BCUT2D eigenvalue weighted by Crippen LogP contribution is 2.30. The lowest BCUT2D eigenvalue weighted by molar-refractivity contribution is 0.268. The SMILES string of the molecule is Cc1ccc(N2C(N)=NCC2c2cn(CCO)nn2)cc1. The molecule has 1 aliphatic heterocycles. The van der Waals surface area contributed by atoms with Crippen LogP contribution in [0.2, 0.25) is 0 Å². The van der Waals surface area contributed by atoms with Crippen LogP contribution in [0.15, 0.2) is 35.5 Å². The maximum absolute atomic E-state index is 8.95. The second kappa shape index (κ2) is 5.53. The van der Waals surface area contributed by atoms with Gasteiger partial charge in [0, 0.05) is 5.69 Å². The van der Waals surface area contributed by atoms with Crippen molar-refractivity contribution >= 4 is 11.6 Å². The minimum Gasteiger partial charge on any atom is -0.394 e. The Morgan fingerprint density at radius 2 is 2.10 bits per heavy atom. The van der Waals surface area contributed by atoms with E-state index >= 15 is 0 Å². The minimum absolute atomic E-state index is 0.0355. The summed E-state index contributed by atoms with van der Waals surface area (Å²) in [5, 5.41) is 17.1. The van der Waals surface area contributed by atoms with Gasteiger partial charge < -0.3 is 15.7 Å². The first kappa shape index (κ1) is 13.6. The third-order valence-electron chi connectivity index (χ3n) is 3.52. The molecule has 2 heterocycles. The van der Waals surface area contributed by atoms with Gasteiger partial charge in [-0.05, 0) is 19.1 Å². The summed E-state index contributed by atoms with van der Waals surface area (Å²) < 4.78 is 1.62.